The molecular weight excluding hydrogens is 444 g/mol. The van der Waals surface area contributed by atoms with Crippen molar-refractivity contribution in [2.45, 2.75) is 0 Å². The molecule has 0 amide bonds. The number of phenolic OH excluding ortho intramolecular Hbond substituents is 2. The molecule has 4 rings (SSSR count). The van der Waals surface area contributed by atoms with Gasteiger partial charge in [0.05, 0.1) is 9.86 Å². The third-order valence-electron chi connectivity index (χ3n) is 4.40. The molecular formula is C20H11BrN2O4S. The van der Waals surface area contributed by atoms with Gasteiger partial charge in [-0.15, -0.1) is 11.3 Å². The highest BCUT2D eigenvalue weighted by atomic mass is 79.9. The van der Waals surface area contributed by atoms with E-state index in [9.17, 15) is 20.1 Å². The van der Waals surface area contributed by atoms with E-state index >= 15 is 0 Å². The van der Waals surface area contributed by atoms with Crippen molar-refractivity contribution in [3.8, 4) is 45.6 Å². The van der Waals surface area contributed by atoms with Crippen LogP contribution in [0.15, 0.2) is 51.0 Å². The average molecular weight is 455 g/mol. The van der Waals surface area contributed by atoms with Crippen molar-refractivity contribution in [2.75, 3.05) is 0 Å². The summed E-state index contributed by atoms with van der Waals surface area (Å²) < 4.78 is 0.464. The summed E-state index contributed by atoms with van der Waals surface area (Å²) in [5, 5.41) is 41.5. The van der Waals surface area contributed by atoms with Crippen LogP contribution in [0.1, 0.15) is 5.56 Å². The number of aromatic hydroxyl groups is 3. The maximum Gasteiger partial charge on any atom is 0.270 e. The molecule has 0 saturated heterocycles. The number of H-pyrrole nitrogens is 1. The number of rotatable bonds is 2. The quantitative estimate of drug-likeness (QED) is 0.350. The SMILES string of the molecule is N#Cc1c(O)c2c(-c3ccc(-c4cc(Br)c(O)cc4O)cc3)csc2[nH]c1=O. The first-order chi connectivity index (χ1) is 13.4. The molecule has 28 heavy (non-hydrogen) atoms. The lowest BCUT2D eigenvalue weighted by Crippen LogP contribution is -2.09. The minimum Gasteiger partial charge on any atom is -0.507 e. The monoisotopic (exact) mass is 454 g/mol. The highest BCUT2D eigenvalue weighted by molar-refractivity contribution is 9.10. The Morgan fingerprint density at radius 3 is 2.29 bits per heavy atom. The van der Waals surface area contributed by atoms with Gasteiger partial charge in [-0.3, -0.25) is 4.79 Å². The van der Waals surface area contributed by atoms with Crippen LogP contribution in [0.2, 0.25) is 0 Å². The maximum absolute atomic E-state index is 11.8. The zero-order chi connectivity index (χ0) is 20.0. The number of nitrogens with zero attached hydrogens (tertiary/aromatic N) is 1. The molecule has 0 fully saturated rings. The Morgan fingerprint density at radius 2 is 1.64 bits per heavy atom. The number of benzene rings is 2. The van der Waals surface area contributed by atoms with Crippen LogP contribution in [-0.2, 0) is 0 Å². The summed E-state index contributed by atoms with van der Waals surface area (Å²) in [5.41, 5.74) is 1.81. The van der Waals surface area contributed by atoms with Crippen LogP contribution in [0.3, 0.4) is 0 Å². The third-order valence-corrected chi connectivity index (χ3v) is 5.93. The Hall–Kier alpha value is -3.28. The lowest BCUT2D eigenvalue weighted by atomic mass is 9.99. The lowest BCUT2D eigenvalue weighted by Gasteiger charge is -2.09. The van der Waals surface area contributed by atoms with Gasteiger partial charge in [0.2, 0.25) is 0 Å². The molecule has 0 aliphatic carbocycles. The fourth-order valence-corrected chi connectivity index (χ4v) is 4.32. The van der Waals surface area contributed by atoms with Gasteiger partial charge in [-0.25, -0.2) is 0 Å². The summed E-state index contributed by atoms with van der Waals surface area (Å²) in [6, 6.07) is 11.8. The average Bonchev–Trinajstić information content (AvgIpc) is 3.09. The van der Waals surface area contributed by atoms with Gasteiger partial charge < -0.3 is 20.3 Å². The van der Waals surface area contributed by atoms with Crippen molar-refractivity contribution < 1.29 is 15.3 Å². The van der Waals surface area contributed by atoms with E-state index in [1.54, 1.807) is 29.6 Å². The second kappa shape index (κ2) is 6.71. The molecule has 8 heteroatoms. The van der Waals surface area contributed by atoms with Crippen LogP contribution in [0.4, 0.5) is 0 Å². The van der Waals surface area contributed by atoms with Gasteiger partial charge in [-0.1, -0.05) is 24.3 Å². The van der Waals surface area contributed by atoms with E-state index < -0.39 is 5.56 Å². The summed E-state index contributed by atoms with van der Waals surface area (Å²) >= 11 is 4.50. The molecule has 2 heterocycles. The van der Waals surface area contributed by atoms with E-state index in [4.69, 9.17) is 5.26 Å². The van der Waals surface area contributed by atoms with E-state index in [0.29, 0.717) is 25.8 Å². The van der Waals surface area contributed by atoms with Gasteiger partial charge >= 0.3 is 0 Å². The number of aromatic nitrogens is 1. The molecule has 4 aromatic rings. The fraction of sp³-hybridized carbons (Fsp3) is 0. The normalized spacial score (nSPS) is 10.9. The van der Waals surface area contributed by atoms with Gasteiger partial charge in [0.25, 0.3) is 5.56 Å². The minimum absolute atomic E-state index is 0.0525. The number of aromatic amines is 1. The highest BCUT2D eigenvalue weighted by Gasteiger charge is 2.17. The number of thiophene rings is 1. The molecule has 0 aliphatic rings. The van der Waals surface area contributed by atoms with Crippen molar-refractivity contribution >= 4 is 37.5 Å². The van der Waals surface area contributed by atoms with Gasteiger partial charge in [0, 0.05) is 22.6 Å². The Balaban J connectivity index is 1.84. The minimum atomic E-state index is -0.621. The molecule has 0 unspecified atom stereocenters. The number of phenols is 2. The Labute approximate surface area is 170 Å². The number of hydrogen-bond donors (Lipinski definition) is 4. The maximum atomic E-state index is 11.8. The van der Waals surface area contributed by atoms with Crippen LogP contribution in [0, 0.1) is 11.3 Å². The molecule has 0 aliphatic heterocycles. The summed E-state index contributed by atoms with van der Waals surface area (Å²) in [4.78, 5) is 14.9. The molecule has 2 aromatic carbocycles. The van der Waals surface area contributed by atoms with Crippen LogP contribution in [0.5, 0.6) is 17.2 Å². The first kappa shape index (κ1) is 18.1. The predicted molar refractivity (Wildman–Crippen MR) is 111 cm³/mol. The topological polar surface area (TPSA) is 117 Å². The fourth-order valence-electron chi connectivity index (χ4n) is 3.01. The number of hydrogen-bond acceptors (Lipinski definition) is 6. The second-order valence-electron chi connectivity index (χ2n) is 6.04. The molecule has 0 saturated carbocycles. The standard InChI is InChI=1S/C20H11BrN2O4S/c21-14-5-11(15(24)6-16(14)25)9-1-3-10(4-2-9)13-8-28-20-17(13)18(26)12(7-22)19(27)23-20/h1-6,8,24-25H,(H2,23,26,27). The van der Waals surface area contributed by atoms with Crippen LogP contribution >= 0.6 is 27.3 Å². The zero-order valence-electron chi connectivity index (χ0n) is 14.0. The largest absolute Gasteiger partial charge is 0.507 e. The molecule has 6 nitrogen and oxygen atoms in total. The van der Waals surface area contributed by atoms with E-state index in [0.717, 1.165) is 11.1 Å². The molecule has 0 radical (unpaired) electrons. The van der Waals surface area contributed by atoms with Crippen molar-refractivity contribution in [1.82, 2.24) is 4.98 Å². The Bertz CT molecular complexity index is 1330. The number of nitriles is 1. The van der Waals surface area contributed by atoms with E-state index in [2.05, 4.69) is 20.9 Å². The van der Waals surface area contributed by atoms with Crippen molar-refractivity contribution in [3.05, 3.63) is 62.2 Å². The first-order valence-corrected chi connectivity index (χ1v) is 9.66. The Kier molecular flexibility index (Phi) is 4.34. The van der Waals surface area contributed by atoms with Gasteiger partial charge in [-0.2, -0.15) is 5.26 Å². The molecule has 138 valence electrons. The number of pyridine rings is 1. The van der Waals surface area contributed by atoms with Gasteiger partial charge in [0.15, 0.2) is 5.56 Å². The predicted octanol–water partition coefficient (Wildman–Crippen LogP) is 4.67. The zero-order valence-corrected chi connectivity index (χ0v) is 16.4. The van der Waals surface area contributed by atoms with Crippen LogP contribution in [0.25, 0.3) is 32.5 Å². The van der Waals surface area contributed by atoms with Crippen molar-refractivity contribution in [1.29, 1.82) is 5.26 Å². The number of fused-ring (bicyclic) bond motifs is 1. The molecule has 0 bridgehead atoms. The lowest BCUT2D eigenvalue weighted by molar-refractivity contribution is 0.449. The molecule has 4 N–H and O–H groups in total. The highest BCUT2D eigenvalue weighted by Crippen LogP contribution is 2.41. The third kappa shape index (κ3) is 2.81. The van der Waals surface area contributed by atoms with Gasteiger partial charge in [-0.05, 0) is 33.1 Å². The van der Waals surface area contributed by atoms with E-state index in [1.165, 1.54) is 17.4 Å². The number of nitrogens with one attached hydrogen (secondary N) is 1. The smallest absolute Gasteiger partial charge is 0.270 e. The van der Waals surface area contributed by atoms with Gasteiger partial charge in [0.1, 0.15) is 28.1 Å². The summed E-state index contributed by atoms with van der Waals surface area (Å²) in [6.07, 6.45) is 0. The van der Waals surface area contributed by atoms with Crippen molar-refractivity contribution in [2.24, 2.45) is 0 Å². The number of halogens is 1. The summed E-state index contributed by atoms with van der Waals surface area (Å²) in [7, 11) is 0. The summed E-state index contributed by atoms with van der Waals surface area (Å²) in [6.45, 7) is 0. The molecule has 2 aromatic heterocycles. The Morgan fingerprint density at radius 1 is 1.00 bits per heavy atom. The first-order valence-electron chi connectivity index (χ1n) is 7.99. The molecule has 0 spiro atoms. The summed E-state index contributed by atoms with van der Waals surface area (Å²) in [5.74, 6) is -0.439. The van der Waals surface area contributed by atoms with E-state index in [-0.39, 0.29) is 22.8 Å². The van der Waals surface area contributed by atoms with Crippen molar-refractivity contribution in [3.63, 3.8) is 0 Å². The molecule has 0 atom stereocenters. The second-order valence-corrected chi connectivity index (χ2v) is 7.78. The van der Waals surface area contributed by atoms with Crippen LogP contribution in [-0.4, -0.2) is 20.3 Å². The van der Waals surface area contributed by atoms with Crippen LogP contribution < -0.4 is 5.56 Å². The van der Waals surface area contributed by atoms with E-state index in [1.807, 2.05) is 12.1 Å².